The first-order chi connectivity index (χ1) is 10.6. The molecule has 3 aliphatic rings. The number of carbonyl (C=O) groups is 1. The Morgan fingerprint density at radius 2 is 2.04 bits per heavy atom. The van der Waals surface area contributed by atoms with Gasteiger partial charge in [0.15, 0.2) is 0 Å². The van der Waals surface area contributed by atoms with Crippen LogP contribution in [0.4, 0.5) is 0 Å². The first-order valence-corrected chi connectivity index (χ1v) is 10.1. The van der Waals surface area contributed by atoms with Crippen molar-refractivity contribution < 1.29 is 18.3 Å². The van der Waals surface area contributed by atoms with Crippen LogP contribution in [0.25, 0.3) is 0 Å². The van der Waals surface area contributed by atoms with E-state index in [2.05, 4.69) is 13.8 Å². The van der Waals surface area contributed by atoms with Crippen molar-refractivity contribution in [3.05, 3.63) is 12.2 Å². The fourth-order valence-electron chi connectivity index (χ4n) is 5.29. The predicted molar refractivity (Wildman–Crippen MR) is 88.0 cm³/mol. The van der Waals surface area contributed by atoms with E-state index in [0.29, 0.717) is 5.92 Å². The van der Waals surface area contributed by atoms with Crippen LogP contribution < -0.4 is 0 Å². The molecular weight excluding hydrogens is 314 g/mol. The van der Waals surface area contributed by atoms with E-state index in [1.165, 1.54) is 6.08 Å². The molecule has 1 heterocycles. The highest BCUT2D eigenvalue weighted by atomic mass is 32.2. The highest BCUT2D eigenvalue weighted by Crippen LogP contribution is 2.70. The Balaban J connectivity index is 1.96. The van der Waals surface area contributed by atoms with Crippen LogP contribution in [0.1, 0.15) is 47.0 Å². The number of aliphatic hydroxyl groups excluding tert-OH is 1. The van der Waals surface area contributed by atoms with E-state index >= 15 is 0 Å². The van der Waals surface area contributed by atoms with Gasteiger partial charge >= 0.3 is 0 Å². The van der Waals surface area contributed by atoms with Gasteiger partial charge in [0.25, 0.3) is 0 Å². The third-order valence-electron chi connectivity index (χ3n) is 6.92. The summed E-state index contributed by atoms with van der Waals surface area (Å²) in [5.74, 6) is -0.653. The molecule has 130 valence electrons. The normalized spacial score (nSPS) is 39.6. The zero-order chi connectivity index (χ0) is 17.2. The van der Waals surface area contributed by atoms with Gasteiger partial charge in [0.05, 0.1) is 23.8 Å². The number of hydrogen-bond acceptors (Lipinski definition) is 4. The number of amides is 1. The molecule has 5 unspecified atom stereocenters. The average Bonchev–Trinajstić information content (AvgIpc) is 2.93. The van der Waals surface area contributed by atoms with Crippen molar-refractivity contribution in [1.82, 2.24) is 4.31 Å². The van der Waals surface area contributed by atoms with Crippen molar-refractivity contribution in [2.75, 3.05) is 5.75 Å². The maximum absolute atomic E-state index is 12.9. The first kappa shape index (κ1) is 17.0. The standard InChI is InChI=1S/C17H27NO4S/c1-5-6-13(19)11(2)15(20)18-14-9-12-7-8-17(14,16(12,3)4)10-23(18,21)22/h5-6,11-14,19H,7-10H2,1-4H3. The van der Waals surface area contributed by atoms with E-state index in [0.717, 1.165) is 23.6 Å². The maximum Gasteiger partial charge on any atom is 0.242 e. The van der Waals surface area contributed by atoms with E-state index in [1.54, 1.807) is 19.9 Å². The molecule has 1 amide bonds. The van der Waals surface area contributed by atoms with Gasteiger partial charge in [0.2, 0.25) is 15.9 Å². The molecule has 2 saturated carbocycles. The molecule has 1 spiro atoms. The quantitative estimate of drug-likeness (QED) is 0.796. The van der Waals surface area contributed by atoms with Gasteiger partial charge in [-0.3, -0.25) is 4.79 Å². The van der Waals surface area contributed by atoms with Gasteiger partial charge in [-0.15, -0.1) is 0 Å². The maximum atomic E-state index is 12.9. The molecule has 5 atom stereocenters. The second-order valence-electron chi connectivity index (χ2n) is 8.06. The van der Waals surface area contributed by atoms with Crippen LogP contribution in [0.3, 0.4) is 0 Å². The lowest BCUT2D eigenvalue weighted by Crippen LogP contribution is -2.47. The molecule has 0 radical (unpaired) electrons. The molecule has 3 fully saturated rings. The minimum atomic E-state index is -3.61. The number of rotatable bonds is 3. The van der Waals surface area contributed by atoms with Crippen LogP contribution in [0.15, 0.2) is 12.2 Å². The summed E-state index contributed by atoms with van der Waals surface area (Å²) in [6.45, 7) is 7.69. The Labute approximate surface area is 138 Å². The molecule has 2 aliphatic carbocycles. The summed E-state index contributed by atoms with van der Waals surface area (Å²) in [7, 11) is -3.61. The van der Waals surface area contributed by atoms with Crippen LogP contribution in [0, 0.1) is 22.7 Å². The summed E-state index contributed by atoms with van der Waals surface area (Å²) in [4.78, 5) is 12.9. The van der Waals surface area contributed by atoms with E-state index in [4.69, 9.17) is 0 Å². The topological polar surface area (TPSA) is 74.7 Å². The van der Waals surface area contributed by atoms with E-state index < -0.39 is 28.0 Å². The van der Waals surface area contributed by atoms with Gasteiger partial charge in [-0.2, -0.15) is 0 Å². The molecule has 23 heavy (non-hydrogen) atoms. The van der Waals surface area contributed by atoms with Crippen molar-refractivity contribution in [2.45, 2.75) is 59.1 Å². The minimum Gasteiger partial charge on any atom is -0.388 e. The Hall–Kier alpha value is -0.880. The monoisotopic (exact) mass is 341 g/mol. The number of fused-ring (bicyclic) bond motifs is 1. The Morgan fingerprint density at radius 1 is 1.39 bits per heavy atom. The van der Waals surface area contributed by atoms with Crippen LogP contribution >= 0.6 is 0 Å². The zero-order valence-electron chi connectivity index (χ0n) is 14.3. The molecule has 0 aromatic heterocycles. The van der Waals surface area contributed by atoms with Gasteiger partial charge in [0, 0.05) is 5.41 Å². The lowest BCUT2D eigenvalue weighted by molar-refractivity contribution is -0.135. The molecule has 0 aromatic carbocycles. The highest BCUT2D eigenvalue weighted by Gasteiger charge is 2.72. The average molecular weight is 341 g/mol. The summed E-state index contributed by atoms with van der Waals surface area (Å²) in [5.41, 5.74) is -0.359. The third-order valence-corrected chi connectivity index (χ3v) is 8.83. The van der Waals surface area contributed by atoms with Crippen molar-refractivity contribution >= 4 is 15.9 Å². The van der Waals surface area contributed by atoms with Crippen molar-refractivity contribution in [2.24, 2.45) is 22.7 Å². The van der Waals surface area contributed by atoms with E-state index in [1.807, 2.05) is 0 Å². The smallest absolute Gasteiger partial charge is 0.242 e. The molecule has 5 nitrogen and oxygen atoms in total. The van der Waals surface area contributed by atoms with Crippen LogP contribution in [-0.4, -0.2) is 41.6 Å². The molecule has 1 N–H and O–H groups in total. The van der Waals surface area contributed by atoms with Gasteiger partial charge in [0.1, 0.15) is 0 Å². The van der Waals surface area contributed by atoms with Gasteiger partial charge in [-0.25, -0.2) is 12.7 Å². The van der Waals surface area contributed by atoms with Gasteiger partial charge in [-0.05, 0) is 37.5 Å². The summed E-state index contributed by atoms with van der Waals surface area (Å²) in [6, 6.07) is -0.228. The number of carbonyl (C=O) groups excluding carboxylic acids is 1. The van der Waals surface area contributed by atoms with E-state index in [9.17, 15) is 18.3 Å². The Kier molecular flexibility index (Phi) is 3.73. The molecule has 0 aromatic rings. The summed E-state index contributed by atoms with van der Waals surface area (Å²) in [5, 5.41) is 10.1. The van der Waals surface area contributed by atoms with Gasteiger partial charge < -0.3 is 5.11 Å². The molecule has 1 aliphatic heterocycles. The van der Waals surface area contributed by atoms with Crippen LogP contribution in [0.5, 0.6) is 0 Å². The number of sulfonamides is 1. The first-order valence-electron chi connectivity index (χ1n) is 8.45. The van der Waals surface area contributed by atoms with Crippen molar-refractivity contribution in [3.8, 4) is 0 Å². The molecule has 3 rings (SSSR count). The summed E-state index contributed by atoms with van der Waals surface area (Å²) < 4.78 is 26.7. The van der Waals surface area contributed by atoms with Crippen LogP contribution in [-0.2, 0) is 14.8 Å². The number of nitrogens with zero attached hydrogens (tertiary/aromatic N) is 1. The molecule has 2 bridgehead atoms. The van der Waals surface area contributed by atoms with Crippen molar-refractivity contribution in [3.63, 3.8) is 0 Å². The number of aliphatic hydroxyl groups is 1. The zero-order valence-corrected chi connectivity index (χ0v) is 15.1. The Morgan fingerprint density at radius 3 is 2.61 bits per heavy atom. The summed E-state index contributed by atoms with van der Waals surface area (Å²) in [6.07, 6.45) is 4.96. The lowest BCUT2D eigenvalue weighted by atomic mass is 9.69. The second-order valence-corrected chi connectivity index (χ2v) is 9.91. The molecular formula is C17H27NO4S. The largest absolute Gasteiger partial charge is 0.388 e. The third kappa shape index (κ3) is 2.07. The second kappa shape index (κ2) is 5.06. The van der Waals surface area contributed by atoms with E-state index in [-0.39, 0.29) is 22.6 Å². The lowest BCUT2D eigenvalue weighted by Gasteiger charge is -2.37. The van der Waals surface area contributed by atoms with Crippen LogP contribution in [0.2, 0.25) is 0 Å². The predicted octanol–water partition coefficient (Wildman–Crippen LogP) is 1.93. The minimum absolute atomic E-state index is 0.0507. The Bertz CT molecular complexity index is 654. The van der Waals surface area contributed by atoms with Crippen molar-refractivity contribution in [1.29, 1.82) is 0 Å². The number of allylic oxidation sites excluding steroid dienone is 1. The SMILES string of the molecule is CC=CC(O)C(C)C(=O)N1C2CC3CCC2(CS1(=O)=O)C3(C)C. The fourth-order valence-corrected chi connectivity index (χ4v) is 7.90. The number of hydrogen-bond donors (Lipinski definition) is 1. The molecule has 1 saturated heterocycles. The molecule has 6 heteroatoms. The summed E-state index contributed by atoms with van der Waals surface area (Å²) >= 11 is 0. The van der Waals surface area contributed by atoms with Gasteiger partial charge in [-0.1, -0.05) is 32.9 Å². The highest BCUT2D eigenvalue weighted by molar-refractivity contribution is 7.90. The fraction of sp³-hybridized carbons (Fsp3) is 0.824.